The van der Waals surface area contributed by atoms with Crippen LogP contribution < -0.4 is 4.74 Å². The number of hydrogen-bond acceptors (Lipinski definition) is 4. The van der Waals surface area contributed by atoms with E-state index in [1.165, 1.54) is 24.3 Å². The van der Waals surface area contributed by atoms with Crippen LogP contribution in [0.2, 0.25) is 0 Å². The number of piperidine rings is 1. The van der Waals surface area contributed by atoms with Gasteiger partial charge in [-0.15, -0.1) is 0 Å². The van der Waals surface area contributed by atoms with Gasteiger partial charge in [-0.2, -0.15) is 0 Å². The summed E-state index contributed by atoms with van der Waals surface area (Å²) in [5.74, 6) is -0.0582. The zero-order chi connectivity index (χ0) is 24.7. The minimum absolute atomic E-state index is 0.0130. The van der Waals surface area contributed by atoms with Gasteiger partial charge in [-0.05, 0) is 61.2 Å². The van der Waals surface area contributed by atoms with Crippen molar-refractivity contribution < 1.29 is 27.8 Å². The second-order valence-corrected chi connectivity index (χ2v) is 9.46. The fraction of sp³-hybridized carbons (Fsp3) is 0.481. The van der Waals surface area contributed by atoms with Gasteiger partial charge in [0.15, 0.2) is 0 Å². The Labute approximate surface area is 204 Å². The first-order valence-corrected chi connectivity index (χ1v) is 12.2. The first kappa shape index (κ1) is 25.1. The third-order valence-electron chi connectivity index (χ3n) is 6.80. The molecule has 0 N–H and O–H groups in total. The molecule has 2 saturated heterocycles. The van der Waals surface area contributed by atoms with Crippen molar-refractivity contribution in [1.29, 1.82) is 0 Å². The second kappa shape index (κ2) is 11.6. The summed E-state index contributed by atoms with van der Waals surface area (Å²) in [4.78, 5) is 29.9. The minimum atomic E-state index is -0.534. The topological polar surface area (TPSA) is 59.1 Å². The van der Waals surface area contributed by atoms with Crippen LogP contribution in [0.4, 0.5) is 8.78 Å². The molecule has 0 spiro atoms. The number of ether oxygens (including phenoxy) is 2. The van der Waals surface area contributed by atoms with Crippen molar-refractivity contribution in [2.75, 3.05) is 46.0 Å². The van der Waals surface area contributed by atoms with E-state index in [1.54, 1.807) is 24.3 Å². The van der Waals surface area contributed by atoms with Gasteiger partial charge in [0.1, 0.15) is 17.4 Å². The van der Waals surface area contributed by atoms with Gasteiger partial charge in [0.05, 0.1) is 19.8 Å². The Morgan fingerprint density at radius 1 is 0.886 bits per heavy atom. The van der Waals surface area contributed by atoms with E-state index >= 15 is 0 Å². The van der Waals surface area contributed by atoms with Crippen molar-refractivity contribution in [3.63, 3.8) is 0 Å². The van der Waals surface area contributed by atoms with E-state index in [1.807, 2.05) is 9.80 Å². The number of hydrogen-bond donors (Lipinski definition) is 0. The van der Waals surface area contributed by atoms with Crippen LogP contribution >= 0.6 is 0 Å². The standard InChI is InChI=1S/C27H32F2N2O4/c28-22-5-2-21(3-6-22)4-11-25(32)31-13-1-12-27(19-31,18-26(33)30-14-16-34-17-15-30)20-35-24-9-7-23(29)8-10-24/h2-3,5-10H,1,4,11-20H2/t27-/m1/s1. The molecule has 2 heterocycles. The van der Waals surface area contributed by atoms with E-state index in [-0.39, 0.29) is 36.5 Å². The smallest absolute Gasteiger partial charge is 0.223 e. The van der Waals surface area contributed by atoms with Gasteiger partial charge in [-0.25, -0.2) is 8.78 Å². The van der Waals surface area contributed by atoms with Crippen molar-refractivity contribution in [3.05, 3.63) is 65.7 Å². The molecule has 2 amide bonds. The van der Waals surface area contributed by atoms with Crippen molar-refractivity contribution in [2.24, 2.45) is 5.41 Å². The van der Waals surface area contributed by atoms with Crippen LogP contribution in [-0.4, -0.2) is 67.6 Å². The van der Waals surface area contributed by atoms with Gasteiger partial charge in [-0.1, -0.05) is 12.1 Å². The first-order valence-electron chi connectivity index (χ1n) is 12.2. The summed E-state index contributed by atoms with van der Waals surface area (Å²) >= 11 is 0. The fourth-order valence-electron chi connectivity index (χ4n) is 4.81. The van der Waals surface area contributed by atoms with Crippen LogP contribution in [0, 0.1) is 17.0 Å². The lowest BCUT2D eigenvalue weighted by atomic mass is 9.77. The molecule has 0 saturated carbocycles. The highest BCUT2D eigenvalue weighted by Crippen LogP contribution is 2.36. The molecular weight excluding hydrogens is 454 g/mol. The maximum atomic E-state index is 13.3. The average molecular weight is 487 g/mol. The molecule has 0 aliphatic carbocycles. The highest BCUT2D eigenvalue weighted by molar-refractivity contribution is 5.78. The Hall–Kier alpha value is -3.00. The van der Waals surface area contributed by atoms with Gasteiger partial charge in [0, 0.05) is 44.4 Å². The number of carbonyl (C=O) groups is 2. The summed E-state index contributed by atoms with van der Waals surface area (Å²) in [6.45, 7) is 3.50. The van der Waals surface area contributed by atoms with Gasteiger partial charge in [0.2, 0.25) is 11.8 Å². The Balaban J connectivity index is 1.43. The predicted molar refractivity (Wildman–Crippen MR) is 127 cm³/mol. The molecule has 0 unspecified atom stereocenters. The number of benzene rings is 2. The van der Waals surface area contributed by atoms with E-state index in [0.29, 0.717) is 58.0 Å². The Bertz CT molecular complexity index is 993. The summed E-state index contributed by atoms with van der Waals surface area (Å²) in [6.07, 6.45) is 2.65. The zero-order valence-electron chi connectivity index (χ0n) is 19.9. The lowest BCUT2D eigenvalue weighted by Gasteiger charge is -2.43. The molecule has 8 heteroatoms. The van der Waals surface area contributed by atoms with Gasteiger partial charge in [0.25, 0.3) is 0 Å². The van der Waals surface area contributed by atoms with Crippen LogP contribution in [-0.2, 0) is 20.7 Å². The van der Waals surface area contributed by atoms with Crippen LogP contribution in [0.25, 0.3) is 0 Å². The van der Waals surface area contributed by atoms with E-state index in [0.717, 1.165) is 18.4 Å². The number of aryl methyl sites for hydroxylation is 1. The molecule has 0 bridgehead atoms. The van der Waals surface area contributed by atoms with E-state index in [4.69, 9.17) is 9.47 Å². The van der Waals surface area contributed by atoms with Crippen LogP contribution in [0.5, 0.6) is 5.75 Å². The van der Waals surface area contributed by atoms with E-state index in [9.17, 15) is 18.4 Å². The highest BCUT2D eigenvalue weighted by Gasteiger charge is 2.41. The van der Waals surface area contributed by atoms with Crippen molar-refractivity contribution >= 4 is 11.8 Å². The number of nitrogens with zero attached hydrogens (tertiary/aromatic N) is 2. The number of carbonyl (C=O) groups excluding carboxylic acids is 2. The zero-order valence-corrected chi connectivity index (χ0v) is 19.9. The largest absolute Gasteiger partial charge is 0.493 e. The average Bonchev–Trinajstić information content (AvgIpc) is 2.88. The molecule has 0 aromatic heterocycles. The van der Waals surface area contributed by atoms with Crippen molar-refractivity contribution in [2.45, 2.75) is 32.1 Å². The molecule has 2 aliphatic heterocycles. The number of halogens is 2. The van der Waals surface area contributed by atoms with Crippen LogP contribution in [0.15, 0.2) is 48.5 Å². The predicted octanol–water partition coefficient (Wildman–Crippen LogP) is 3.83. The van der Waals surface area contributed by atoms with E-state index < -0.39 is 5.41 Å². The summed E-state index contributed by atoms with van der Waals surface area (Å²) in [5, 5.41) is 0. The molecule has 2 aliphatic rings. The second-order valence-electron chi connectivity index (χ2n) is 9.46. The summed E-state index contributed by atoms with van der Waals surface area (Å²) in [6, 6.07) is 12.0. The van der Waals surface area contributed by atoms with E-state index in [2.05, 4.69) is 0 Å². The Morgan fingerprint density at radius 2 is 1.54 bits per heavy atom. The number of likely N-dealkylation sites (tertiary alicyclic amines) is 1. The molecule has 6 nitrogen and oxygen atoms in total. The van der Waals surface area contributed by atoms with Crippen molar-refractivity contribution in [3.8, 4) is 5.75 Å². The van der Waals surface area contributed by atoms with Gasteiger partial charge in [-0.3, -0.25) is 9.59 Å². The maximum absolute atomic E-state index is 13.3. The molecule has 0 radical (unpaired) electrons. The fourth-order valence-corrected chi connectivity index (χ4v) is 4.81. The summed E-state index contributed by atoms with van der Waals surface area (Å²) in [5.41, 5.74) is 0.373. The lowest BCUT2D eigenvalue weighted by Crippen LogP contribution is -2.52. The minimum Gasteiger partial charge on any atom is -0.493 e. The SMILES string of the molecule is O=C(C[C@]1(COc2ccc(F)cc2)CCCN(C(=O)CCc2ccc(F)cc2)C1)N1CCOCC1. The highest BCUT2D eigenvalue weighted by atomic mass is 19.1. The Kier molecular flexibility index (Phi) is 8.33. The van der Waals surface area contributed by atoms with Crippen LogP contribution in [0.1, 0.15) is 31.2 Å². The Morgan fingerprint density at radius 3 is 2.23 bits per heavy atom. The quantitative estimate of drug-likeness (QED) is 0.569. The van der Waals surface area contributed by atoms with Crippen LogP contribution in [0.3, 0.4) is 0 Å². The third-order valence-corrected chi connectivity index (χ3v) is 6.80. The molecule has 188 valence electrons. The molecular formula is C27H32F2N2O4. The normalized spacial score (nSPS) is 20.5. The maximum Gasteiger partial charge on any atom is 0.223 e. The monoisotopic (exact) mass is 486 g/mol. The third kappa shape index (κ3) is 7.01. The lowest BCUT2D eigenvalue weighted by molar-refractivity contribution is -0.143. The number of amides is 2. The molecule has 2 aromatic rings. The summed E-state index contributed by atoms with van der Waals surface area (Å²) < 4.78 is 37.9. The number of rotatable bonds is 8. The molecule has 2 fully saturated rings. The summed E-state index contributed by atoms with van der Waals surface area (Å²) in [7, 11) is 0. The molecule has 1 atom stereocenters. The molecule has 35 heavy (non-hydrogen) atoms. The molecule has 4 rings (SSSR count). The number of morpholine rings is 1. The first-order chi connectivity index (χ1) is 16.9. The van der Waals surface area contributed by atoms with Gasteiger partial charge >= 0.3 is 0 Å². The molecule has 2 aromatic carbocycles. The van der Waals surface area contributed by atoms with Gasteiger partial charge < -0.3 is 19.3 Å². The van der Waals surface area contributed by atoms with Crippen molar-refractivity contribution in [1.82, 2.24) is 9.80 Å².